The van der Waals surface area contributed by atoms with E-state index in [1.165, 1.54) is 32.4 Å². The first-order valence-corrected chi connectivity index (χ1v) is 7.31. The molecule has 2 aromatic carbocycles. The van der Waals surface area contributed by atoms with Gasteiger partial charge in [-0.05, 0) is 36.8 Å². The van der Waals surface area contributed by atoms with E-state index in [-0.39, 0.29) is 16.8 Å². The summed E-state index contributed by atoms with van der Waals surface area (Å²) < 4.78 is 14.5. The van der Waals surface area contributed by atoms with Crippen molar-refractivity contribution >= 4 is 23.7 Å². The molecular weight excluding hydrogens is 326 g/mol. The van der Waals surface area contributed by atoms with E-state index >= 15 is 0 Å². The van der Waals surface area contributed by atoms with E-state index in [4.69, 9.17) is 4.74 Å². The molecule has 0 aliphatic heterocycles. The summed E-state index contributed by atoms with van der Waals surface area (Å²) in [5, 5.41) is 2.41. The first-order chi connectivity index (χ1) is 12.0. The second kappa shape index (κ2) is 7.96. The fourth-order valence-electron chi connectivity index (χ4n) is 2.16. The molecule has 1 amide bonds. The number of amides is 1. The van der Waals surface area contributed by atoms with Crippen LogP contribution in [0.2, 0.25) is 0 Å². The Kier molecular flexibility index (Phi) is 5.73. The van der Waals surface area contributed by atoms with Crippen LogP contribution in [0.15, 0.2) is 42.5 Å². The summed E-state index contributed by atoms with van der Waals surface area (Å²) >= 11 is 0. The van der Waals surface area contributed by atoms with Crippen LogP contribution < -0.4 is 10.1 Å². The van der Waals surface area contributed by atoms with Gasteiger partial charge in [-0.15, -0.1) is 0 Å². The third-order valence-corrected chi connectivity index (χ3v) is 3.30. The highest BCUT2D eigenvalue weighted by molar-refractivity contribution is 6.07. The van der Waals surface area contributed by atoms with Gasteiger partial charge in [-0.25, -0.2) is 14.4 Å². The number of anilines is 1. The van der Waals surface area contributed by atoms with Crippen molar-refractivity contribution in [1.82, 2.24) is 0 Å². The quantitative estimate of drug-likeness (QED) is 0.858. The van der Waals surface area contributed by atoms with Gasteiger partial charge in [0.25, 0.3) is 0 Å². The maximum Gasteiger partial charge on any atom is 0.417 e. The highest BCUT2D eigenvalue weighted by Gasteiger charge is 2.22. The zero-order chi connectivity index (χ0) is 18.4. The standard InChI is InChI=1S/C18H17NO6/c1-11-6-4-7-12(10-11)25-18(22)19-15-13(16(20)23-2)8-5-9-14(15)17(21)24-3/h4-10H,1-3H3,(H,19,22). The summed E-state index contributed by atoms with van der Waals surface area (Å²) in [6.45, 7) is 1.85. The predicted molar refractivity (Wildman–Crippen MR) is 89.9 cm³/mol. The third-order valence-electron chi connectivity index (χ3n) is 3.30. The van der Waals surface area contributed by atoms with Crippen molar-refractivity contribution < 1.29 is 28.6 Å². The molecule has 0 atom stereocenters. The fourth-order valence-corrected chi connectivity index (χ4v) is 2.16. The number of methoxy groups -OCH3 is 2. The molecule has 0 bridgehead atoms. The van der Waals surface area contributed by atoms with Crippen LogP contribution in [0.4, 0.5) is 10.5 Å². The first kappa shape index (κ1) is 18.0. The Hall–Kier alpha value is -3.35. The monoisotopic (exact) mass is 343 g/mol. The molecule has 0 aromatic heterocycles. The second-order valence-electron chi connectivity index (χ2n) is 5.04. The summed E-state index contributed by atoms with van der Waals surface area (Å²) in [6, 6.07) is 11.2. The van der Waals surface area contributed by atoms with Crippen molar-refractivity contribution in [3.63, 3.8) is 0 Å². The molecule has 0 radical (unpaired) electrons. The zero-order valence-corrected chi connectivity index (χ0v) is 14.0. The lowest BCUT2D eigenvalue weighted by Crippen LogP contribution is -2.21. The van der Waals surface area contributed by atoms with Gasteiger partial charge in [-0.1, -0.05) is 18.2 Å². The van der Waals surface area contributed by atoms with Crippen LogP contribution >= 0.6 is 0 Å². The van der Waals surface area contributed by atoms with E-state index in [0.29, 0.717) is 5.75 Å². The van der Waals surface area contributed by atoms with Gasteiger partial charge in [0.2, 0.25) is 0 Å². The molecule has 0 unspecified atom stereocenters. The van der Waals surface area contributed by atoms with Crippen LogP contribution in [-0.4, -0.2) is 32.3 Å². The molecule has 130 valence electrons. The number of carbonyl (C=O) groups is 3. The summed E-state index contributed by atoms with van der Waals surface area (Å²) in [7, 11) is 2.39. The number of para-hydroxylation sites is 1. The molecule has 0 aliphatic carbocycles. The Morgan fingerprint density at radius 3 is 1.96 bits per heavy atom. The highest BCUT2D eigenvalue weighted by Crippen LogP contribution is 2.24. The Morgan fingerprint density at radius 2 is 1.44 bits per heavy atom. The van der Waals surface area contributed by atoms with E-state index < -0.39 is 18.0 Å². The minimum atomic E-state index is -0.855. The summed E-state index contributed by atoms with van der Waals surface area (Å²) in [5.74, 6) is -1.10. The number of rotatable bonds is 4. The highest BCUT2D eigenvalue weighted by atomic mass is 16.6. The van der Waals surface area contributed by atoms with E-state index in [1.807, 2.05) is 13.0 Å². The van der Waals surface area contributed by atoms with E-state index in [0.717, 1.165) is 5.56 Å². The van der Waals surface area contributed by atoms with Gasteiger partial charge in [0.15, 0.2) is 0 Å². The lowest BCUT2D eigenvalue weighted by atomic mass is 10.1. The molecule has 0 saturated heterocycles. The fraction of sp³-hybridized carbons (Fsp3) is 0.167. The zero-order valence-electron chi connectivity index (χ0n) is 14.0. The van der Waals surface area contributed by atoms with Gasteiger partial charge in [0.1, 0.15) is 5.75 Å². The smallest absolute Gasteiger partial charge is 0.417 e. The van der Waals surface area contributed by atoms with E-state index in [2.05, 4.69) is 14.8 Å². The molecule has 1 N–H and O–H groups in total. The molecule has 0 saturated carbocycles. The number of benzene rings is 2. The molecule has 0 aliphatic rings. The van der Waals surface area contributed by atoms with Crippen LogP contribution in [0.3, 0.4) is 0 Å². The summed E-state index contributed by atoms with van der Waals surface area (Å²) in [6.07, 6.45) is -0.855. The van der Waals surface area contributed by atoms with Crippen LogP contribution in [0.5, 0.6) is 5.75 Å². The van der Waals surface area contributed by atoms with Gasteiger partial charge >= 0.3 is 18.0 Å². The summed E-state index contributed by atoms with van der Waals surface area (Å²) in [4.78, 5) is 36.0. The number of hydrogen-bond acceptors (Lipinski definition) is 6. The molecule has 7 nitrogen and oxygen atoms in total. The van der Waals surface area contributed by atoms with E-state index in [1.54, 1.807) is 18.2 Å². The minimum absolute atomic E-state index is 0.00610. The van der Waals surface area contributed by atoms with Crippen LogP contribution in [0.1, 0.15) is 26.3 Å². The first-order valence-electron chi connectivity index (χ1n) is 7.31. The Bertz CT molecular complexity index is 781. The van der Waals surface area contributed by atoms with Crippen LogP contribution in [0, 0.1) is 6.92 Å². The van der Waals surface area contributed by atoms with Gasteiger partial charge in [-0.3, -0.25) is 5.32 Å². The molecular formula is C18H17NO6. The maximum atomic E-state index is 12.2. The molecule has 2 aromatic rings. The SMILES string of the molecule is COC(=O)c1cccc(C(=O)OC)c1NC(=O)Oc1cccc(C)c1. The van der Waals surface area contributed by atoms with Crippen molar-refractivity contribution in [2.24, 2.45) is 0 Å². The average molecular weight is 343 g/mol. The average Bonchev–Trinajstić information content (AvgIpc) is 2.60. The molecule has 0 spiro atoms. The molecule has 2 rings (SSSR count). The predicted octanol–water partition coefficient (Wildman–Crippen LogP) is 3.18. The number of esters is 2. The molecule has 0 heterocycles. The largest absolute Gasteiger partial charge is 0.465 e. The second-order valence-corrected chi connectivity index (χ2v) is 5.04. The number of nitrogens with one attached hydrogen (secondary N) is 1. The topological polar surface area (TPSA) is 90.9 Å². The third kappa shape index (κ3) is 4.35. The molecule has 25 heavy (non-hydrogen) atoms. The van der Waals surface area contributed by atoms with Crippen molar-refractivity contribution in [3.05, 3.63) is 59.2 Å². The maximum absolute atomic E-state index is 12.2. The number of carbonyl (C=O) groups excluding carboxylic acids is 3. The summed E-state index contributed by atoms with van der Waals surface area (Å²) in [5.41, 5.74) is 0.882. The Morgan fingerprint density at radius 1 is 0.880 bits per heavy atom. The number of hydrogen-bond donors (Lipinski definition) is 1. The van der Waals surface area contributed by atoms with Gasteiger partial charge in [-0.2, -0.15) is 0 Å². The number of ether oxygens (including phenoxy) is 3. The van der Waals surface area contributed by atoms with Crippen LogP contribution in [-0.2, 0) is 9.47 Å². The van der Waals surface area contributed by atoms with Crippen molar-refractivity contribution in [2.45, 2.75) is 6.92 Å². The minimum Gasteiger partial charge on any atom is -0.465 e. The van der Waals surface area contributed by atoms with Gasteiger partial charge in [0, 0.05) is 0 Å². The molecule has 0 fully saturated rings. The van der Waals surface area contributed by atoms with Crippen molar-refractivity contribution in [1.29, 1.82) is 0 Å². The molecule has 7 heteroatoms. The van der Waals surface area contributed by atoms with Gasteiger partial charge < -0.3 is 14.2 Å². The lowest BCUT2D eigenvalue weighted by Gasteiger charge is -2.13. The van der Waals surface area contributed by atoms with E-state index in [9.17, 15) is 14.4 Å². The Balaban J connectivity index is 2.34. The van der Waals surface area contributed by atoms with Crippen LogP contribution in [0.25, 0.3) is 0 Å². The lowest BCUT2D eigenvalue weighted by molar-refractivity contribution is 0.0601. The van der Waals surface area contributed by atoms with Gasteiger partial charge in [0.05, 0.1) is 31.0 Å². The normalized spacial score (nSPS) is 9.88. The number of aryl methyl sites for hydroxylation is 1. The Labute approximate surface area is 144 Å². The van der Waals surface area contributed by atoms with Crippen molar-refractivity contribution in [2.75, 3.05) is 19.5 Å². The van der Waals surface area contributed by atoms with Crippen molar-refractivity contribution in [3.8, 4) is 5.75 Å².